The molecular formula is C19H17N3O5S. The average Bonchev–Trinajstić information content (AvgIpc) is 3.02. The van der Waals surface area contributed by atoms with Crippen molar-refractivity contribution in [2.45, 2.75) is 18.2 Å². The molecule has 0 aliphatic carbocycles. The van der Waals surface area contributed by atoms with Crippen LogP contribution < -0.4 is 16.0 Å². The molecule has 0 aliphatic rings. The quantitative estimate of drug-likeness (QED) is 0.472. The topological polar surface area (TPSA) is 125 Å². The van der Waals surface area contributed by atoms with E-state index >= 15 is 0 Å². The van der Waals surface area contributed by atoms with E-state index in [0.29, 0.717) is 11.1 Å². The summed E-state index contributed by atoms with van der Waals surface area (Å²) in [6.45, 7) is 1.97. The predicted molar refractivity (Wildman–Crippen MR) is 105 cm³/mol. The van der Waals surface area contributed by atoms with Crippen LogP contribution >= 0.6 is 0 Å². The van der Waals surface area contributed by atoms with E-state index in [1.165, 1.54) is 18.2 Å². The van der Waals surface area contributed by atoms with Crippen molar-refractivity contribution in [2.24, 2.45) is 0 Å². The Hall–Kier alpha value is -3.17. The lowest BCUT2D eigenvalue weighted by Crippen LogP contribution is -2.27. The third-order valence-corrected chi connectivity index (χ3v) is 6.01. The molecule has 0 radical (unpaired) electrons. The molecule has 8 nitrogen and oxygen atoms in total. The van der Waals surface area contributed by atoms with Crippen molar-refractivity contribution in [3.63, 3.8) is 0 Å². The van der Waals surface area contributed by atoms with Crippen LogP contribution in [0.1, 0.15) is 11.1 Å². The second-order valence-corrected chi connectivity index (χ2v) is 8.25. The van der Waals surface area contributed by atoms with Crippen molar-refractivity contribution in [3.8, 4) is 0 Å². The molecule has 0 spiro atoms. The van der Waals surface area contributed by atoms with Gasteiger partial charge in [-0.25, -0.2) is 17.9 Å². The molecule has 0 fully saturated rings. The number of aryl methyl sites for hydroxylation is 1. The fourth-order valence-corrected chi connectivity index (χ4v) is 4.16. The number of fused-ring (bicyclic) bond motifs is 2. The van der Waals surface area contributed by atoms with E-state index < -0.39 is 15.8 Å². The molecule has 4 rings (SSSR count). The maximum absolute atomic E-state index is 12.5. The number of nitrogens with one attached hydrogen (secondary N) is 3. The van der Waals surface area contributed by atoms with E-state index in [0.717, 1.165) is 16.5 Å². The minimum absolute atomic E-state index is 0.0224. The minimum Gasteiger partial charge on any atom is -0.408 e. The molecule has 4 aromatic rings. The number of sulfonamides is 1. The smallest absolute Gasteiger partial charge is 0.408 e. The normalized spacial score (nSPS) is 12.0. The molecule has 2 heterocycles. The molecule has 144 valence electrons. The molecule has 0 aliphatic heterocycles. The van der Waals surface area contributed by atoms with Crippen LogP contribution in [0.5, 0.6) is 0 Å². The first kappa shape index (κ1) is 18.2. The average molecular weight is 399 g/mol. The Balaban J connectivity index is 1.53. The van der Waals surface area contributed by atoms with Crippen LogP contribution in [-0.4, -0.2) is 24.9 Å². The van der Waals surface area contributed by atoms with Gasteiger partial charge in [0, 0.05) is 18.2 Å². The summed E-state index contributed by atoms with van der Waals surface area (Å²) in [5.74, 6) is -0.650. The molecule has 0 unspecified atom stereocenters. The van der Waals surface area contributed by atoms with Crippen molar-refractivity contribution in [1.82, 2.24) is 14.7 Å². The van der Waals surface area contributed by atoms with Gasteiger partial charge in [-0.1, -0.05) is 18.2 Å². The lowest BCUT2D eigenvalue weighted by atomic mass is 10.1. The maximum Gasteiger partial charge on any atom is 0.417 e. The molecule has 28 heavy (non-hydrogen) atoms. The highest BCUT2D eigenvalue weighted by Crippen LogP contribution is 2.17. The summed E-state index contributed by atoms with van der Waals surface area (Å²) in [5, 5.41) is 0.894. The number of hydrogen-bond acceptors (Lipinski definition) is 5. The first-order valence-electron chi connectivity index (χ1n) is 8.57. The first-order chi connectivity index (χ1) is 13.3. The van der Waals surface area contributed by atoms with Gasteiger partial charge in [0.2, 0.25) is 10.0 Å². The van der Waals surface area contributed by atoms with Crippen LogP contribution in [0.25, 0.3) is 22.0 Å². The number of H-pyrrole nitrogens is 2. The van der Waals surface area contributed by atoms with E-state index in [2.05, 4.69) is 14.7 Å². The van der Waals surface area contributed by atoms with E-state index in [1.807, 2.05) is 25.1 Å². The van der Waals surface area contributed by atoms with Crippen LogP contribution in [0.15, 0.2) is 61.4 Å². The monoisotopic (exact) mass is 399 g/mol. The van der Waals surface area contributed by atoms with Crippen LogP contribution in [0.2, 0.25) is 0 Å². The molecular weight excluding hydrogens is 382 g/mol. The van der Waals surface area contributed by atoms with Crippen molar-refractivity contribution >= 4 is 32.0 Å². The summed E-state index contributed by atoms with van der Waals surface area (Å²) in [5.41, 5.74) is 2.58. The van der Waals surface area contributed by atoms with Crippen molar-refractivity contribution in [1.29, 1.82) is 0 Å². The highest BCUT2D eigenvalue weighted by Gasteiger charge is 2.16. The van der Waals surface area contributed by atoms with Crippen LogP contribution in [0.4, 0.5) is 0 Å². The minimum atomic E-state index is -3.81. The van der Waals surface area contributed by atoms with Crippen molar-refractivity contribution in [2.75, 3.05) is 6.54 Å². The molecule has 2 aromatic heterocycles. The molecule has 0 bridgehead atoms. The van der Waals surface area contributed by atoms with E-state index in [9.17, 15) is 18.0 Å². The van der Waals surface area contributed by atoms with Crippen LogP contribution in [0.3, 0.4) is 0 Å². The van der Waals surface area contributed by atoms with Gasteiger partial charge < -0.3 is 9.40 Å². The SMILES string of the molecule is Cc1cccc2cc(CCNS(=O)(=O)c3ccc4[nH]c(=O)oc4c3)c(=O)[nH]c12. The molecule has 0 atom stereocenters. The predicted octanol–water partition coefficient (Wildman–Crippen LogP) is 1.79. The molecule has 0 saturated carbocycles. The third kappa shape index (κ3) is 3.37. The van der Waals surface area contributed by atoms with Gasteiger partial charge in [0.1, 0.15) is 0 Å². The summed E-state index contributed by atoms with van der Waals surface area (Å²) < 4.78 is 32.3. The third-order valence-electron chi connectivity index (χ3n) is 4.55. The Labute approximate surface area is 159 Å². The van der Waals surface area contributed by atoms with Crippen molar-refractivity contribution in [3.05, 3.63) is 74.5 Å². The van der Waals surface area contributed by atoms with Gasteiger partial charge in [-0.3, -0.25) is 9.78 Å². The Morgan fingerprint density at radius 3 is 2.71 bits per heavy atom. The van der Waals surface area contributed by atoms with Gasteiger partial charge in [-0.15, -0.1) is 0 Å². The number of oxazole rings is 1. The highest BCUT2D eigenvalue weighted by atomic mass is 32.2. The summed E-state index contributed by atoms with van der Waals surface area (Å²) in [6.07, 6.45) is 0.236. The molecule has 9 heteroatoms. The van der Waals surface area contributed by atoms with Gasteiger partial charge in [0.15, 0.2) is 5.58 Å². The highest BCUT2D eigenvalue weighted by molar-refractivity contribution is 7.89. The number of hydrogen-bond donors (Lipinski definition) is 3. The lowest BCUT2D eigenvalue weighted by Gasteiger charge is -2.08. The standard InChI is InChI=1S/C19H17N3O5S/c1-11-3-2-4-12-9-13(18(23)22-17(11)12)7-8-20-28(25,26)14-5-6-15-16(10-14)27-19(24)21-15/h2-6,9-10,20H,7-8H2,1H3,(H,21,24)(H,22,23). The second kappa shape index (κ2) is 6.77. The number of aromatic amines is 2. The number of aromatic nitrogens is 2. The Morgan fingerprint density at radius 2 is 1.89 bits per heavy atom. The van der Waals surface area contributed by atoms with Crippen molar-refractivity contribution < 1.29 is 12.8 Å². The number of rotatable bonds is 5. The van der Waals surface area contributed by atoms with E-state index in [-0.39, 0.29) is 29.0 Å². The van der Waals surface area contributed by atoms with Crippen LogP contribution in [-0.2, 0) is 16.4 Å². The number of para-hydroxylation sites is 1. The zero-order chi connectivity index (χ0) is 19.9. The van der Waals surface area contributed by atoms with Gasteiger partial charge in [-0.05, 0) is 42.5 Å². The Kier molecular flexibility index (Phi) is 4.40. The van der Waals surface area contributed by atoms with E-state index in [4.69, 9.17) is 4.42 Å². The zero-order valence-corrected chi connectivity index (χ0v) is 15.7. The molecule has 0 saturated heterocycles. The van der Waals surface area contributed by atoms with Gasteiger partial charge in [0.25, 0.3) is 5.56 Å². The van der Waals surface area contributed by atoms with Gasteiger partial charge in [0.05, 0.1) is 15.9 Å². The Morgan fingerprint density at radius 1 is 1.07 bits per heavy atom. The van der Waals surface area contributed by atoms with E-state index in [1.54, 1.807) is 6.07 Å². The van der Waals surface area contributed by atoms with Crippen LogP contribution in [0, 0.1) is 6.92 Å². The van der Waals surface area contributed by atoms with Gasteiger partial charge >= 0.3 is 5.76 Å². The first-order valence-corrected chi connectivity index (χ1v) is 10.1. The maximum atomic E-state index is 12.5. The van der Waals surface area contributed by atoms with Gasteiger partial charge in [-0.2, -0.15) is 0 Å². The summed E-state index contributed by atoms with van der Waals surface area (Å²) >= 11 is 0. The summed E-state index contributed by atoms with van der Waals surface area (Å²) in [6, 6.07) is 11.6. The second-order valence-electron chi connectivity index (χ2n) is 6.48. The number of pyridine rings is 1. The number of benzene rings is 2. The Bertz CT molecular complexity index is 1410. The largest absolute Gasteiger partial charge is 0.417 e. The fourth-order valence-electron chi connectivity index (χ4n) is 3.11. The molecule has 3 N–H and O–H groups in total. The molecule has 2 aromatic carbocycles. The summed E-state index contributed by atoms with van der Waals surface area (Å²) in [4.78, 5) is 28.8. The lowest BCUT2D eigenvalue weighted by molar-refractivity contribution is 0.553. The zero-order valence-electron chi connectivity index (χ0n) is 14.9. The summed E-state index contributed by atoms with van der Waals surface area (Å²) in [7, 11) is -3.81. The fraction of sp³-hybridized carbons (Fsp3) is 0.158. The molecule has 0 amide bonds.